The molecule has 1 aliphatic carbocycles. The van der Waals surface area contributed by atoms with Gasteiger partial charge in [-0.05, 0) is 48.1 Å². The number of aryl methyl sites for hydroxylation is 1. The van der Waals surface area contributed by atoms with Gasteiger partial charge in [0.25, 0.3) is 0 Å². The zero-order valence-corrected chi connectivity index (χ0v) is 10.6. The van der Waals surface area contributed by atoms with Crippen LogP contribution in [0.2, 0.25) is 0 Å². The maximum Gasteiger partial charge on any atom is 0.0831 e. The SMILES string of the molecule is Cc1cc(C(O)C2CCCC2(C)C)cs1. The van der Waals surface area contributed by atoms with Gasteiger partial charge in [-0.1, -0.05) is 20.3 Å². The van der Waals surface area contributed by atoms with Crippen molar-refractivity contribution in [3.05, 3.63) is 21.9 Å². The van der Waals surface area contributed by atoms with Gasteiger partial charge in [0.15, 0.2) is 0 Å². The molecule has 0 spiro atoms. The third kappa shape index (κ3) is 2.11. The molecule has 1 saturated carbocycles. The minimum atomic E-state index is -0.257. The molecule has 1 heterocycles. The lowest BCUT2D eigenvalue weighted by Crippen LogP contribution is -2.23. The van der Waals surface area contributed by atoms with Crippen LogP contribution in [-0.4, -0.2) is 5.11 Å². The van der Waals surface area contributed by atoms with E-state index < -0.39 is 0 Å². The molecule has 2 heteroatoms. The van der Waals surface area contributed by atoms with Crippen LogP contribution < -0.4 is 0 Å². The first-order valence-electron chi connectivity index (χ1n) is 5.74. The highest BCUT2D eigenvalue weighted by Gasteiger charge is 2.39. The van der Waals surface area contributed by atoms with Crippen LogP contribution in [0.3, 0.4) is 0 Å². The molecule has 15 heavy (non-hydrogen) atoms. The molecule has 1 aromatic heterocycles. The van der Waals surface area contributed by atoms with E-state index >= 15 is 0 Å². The number of aliphatic hydroxyl groups excluding tert-OH is 1. The molecule has 84 valence electrons. The summed E-state index contributed by atoms with van der Waals surface area (Å²) in [6.07, 6.45) is 3.42. The molecule has 2 atom stereocenters. The summed E-state index contributed by atoms with van der Waals surface area (Å²) in [5.74, 6) is 0.437. The first-order valence-corrected chi connectivity index (χ1v) is 6.62. The van der Waals surface area contributed by atoms with Crippen LogP contribution in [-0.2, 0) is 0 Å². The molecular formula is C13H20OS. The maximum absolute atomic E-state index is 10.4. The molecular weight excluding hydrogens is 204 g/mol. The molecule has 1 nitrogen and oxygen atoms in total. The summed E-state index contributed by atoms with van der Waals surface area (Å²) >= 11 is 1.73. The van der Waals surface area contributed by atoms with Crippen LogP contribution >= 0.6 is 11.3 Å². The topological polar surface area (TPSA) is 20.2 Å². The fourth-order valence-corrected chi connectivity index (χ4v) is 3.52. The Morgan fingerprint density at radius 1 is 1.53 bits per heavy atom. The molecule has 0 aromatic carbocycles. The lowest BCUT2D eigenvalue weighted by atomic mass is 9.77. The van der Waals surface area contributed by atoms with Crippen molar-refractivity contribution < 1.29 is 5.11 Å². The van der Waals surface area contributed by atoms with Crippen molar-refractivity contribution in [1.29, 1.82) is 0 Å². The summed E-state index contributed by atoms with van der Waals surface area (Å²) in [6.45, 7) is 6.67. The first-order chi connectivity index (χ1) is 7.00. The van der Waals surface area contributed by atoms with E-state index in [1.165, 1.54) is 24.1 Å². The Kier molecular flexibility index (Phi) is 2.91. The Morgan fingerprint density at radius 3 is 2.73 bits per heavy atom. The Morgan fingerprint density at radius 2 is 2.27 bits per heavy atom. The van der Waals surface area contributed by atoms with E-state index in [-0.39, 0.29) is 6.10 Å². The van der Waals surface area contributed by atoms with E-state index in [1.807, 2.05) is 0 Å². The van der Waals surface area contributed by atoms with E-state index in [2.05, 4.69) is 32.2 Å². The Hall–Kier alpha value is -0.340. The zero-order chi connectivity index (χ0) is 11.1. The van der Waals surface area contributed by atoms with Gasteiger partial charge in [0.1, 0.15) is 0 Å². The van der Waals surface area contributed by atoms with Crippen molar-refractivity contribution in [3.8, 4) is 0 Å². The predicted octanol–water partition coefficient (Wildman–Crippen LogP) is 3.92. The van der Waals surface area contributed by atoms with Crippen molar-refractivity contribution >= 4 is 11.3 Å². The smallest absolute Gasteiger partial charge is 0.0831 e. The molecule has 0 aliphatic heterocycles. The highest BCUT2D eigenvalue weighted by molar-refractivity contribution is 7.10. The van der Waals surface area contributed by atoms with Gasteiger partial charge in [0.05, 0.1) is 6.10 Å². The fourth-order valence-electron chi connectivity index (χ4n) is 2.79. The third-order valence-electron chi connectivity index (χ3n) is 3.81. The van der Waals surface area contributed by atoms with Crippen molar-refractivity contribution in [3.63, 3.8) is 0 Å². The predicted molar refractivity (Wildman–Crippen MR) is 65.1 cm³/mol. The molecule has 1 N–H and O–H groups in total. The van der Waals surface area contributed by atoms with Crippen LogP contribution in [0, 0.1) is 18.3 Å². The van der Waals surface area contributed by atoms with Gasteiger partial charge in [-0.15, -0.1) is 11.3 Å². The molecule has 2 rings (SSSR count). The Balaban J connectivity index is 2.17. The zero-order valence-electron chi connectivity index (χ0n) is 9.79. The van der Waals surface area contributed by atoms with Crippen molar-refractivity contribution in [2.24, 2.45) is 11.3 Å². The standard InChI is InChI=1S/C13H20OS/c1-9-7-10(8-15-9)12(14)11-5-4-6-13(11,2)3/h7-8,11-12,14H,4-6H2,1-3H3. The van der Waals surface area contributed by atoms with E-state index in [0.29, 0.717) is 11.3 Å². The first kappa shape index (κ1) is 11.2. The van der Waals surface area contributed by atoms with E-state index in [0.717, 1.165) is 5.56 Å². The second kappa shape index (κ2) is 3.91. The van der Waals surface area contributed by atoms with Crippen molar-refractivity contribution in [2.75, 3.05) is 0 Å². The maximum atomic E-state index is 10.4. The molecule has 1 aromatic rings. The van der Waals surface area contributed by atoms with Crippen molar-refractivity contribution in [1.82, 2.24) is 0 Å². The average Bonchev–Trinajstić information content (AvgIpc) is 2.70. The van der Waals surface area contributed by atoms with Gasteiger partial charge < -0.3 is 5.11 Å². The monoisotopic (exact) mass is 224 g/mol. The fraction of sp³-hybridized carbons (Fsp3) is 0.692. The summed E-state index contributed by atoms with van der Waals surface area (Å²) in [5, 5.41) is 12.5. The molecule has 1 fully saturated rings. The summed E-state index contributed by atoms with van der Waals surface area (Å²) in [5.41, 5.74) is 1.42. The summed E-state index contributed by atoms with van der Waals surface area (Å²) in [7, 11) is 0. The number of rotatable bonds is 2. The van der Waals surface area contributed by atoms with Gasteiger partial charge >= 0.3 is 0 Å². The largest absolute Gasteiger partial charge is 0.388 e. The number of hydrogen-bond donors (Lipinski definition) is 1. The van der Waals surface area contributed by atoms with Crippen LogP contribution in [0.1, 0.15) is 49.7 Å². The third-order valence-corrected chi connectivity index (χ3v) is 4.69. The molecule has 2 unspecified atom stereocenters. The van der Waals surface area contributed by atoms with Gasteiger partial charge in [-0.3, -0.25) is 0 Å². The minimum absolute atomic E-state index is 0.257. The van der Waals surface area contributed by atoms with Crippen LogP contribution in [0.25, 0.3) is 0 Å². The lowest BCUT2D eigenvalue weighted by Gasteiger charge is -2.30. The normalized spacial score (nSPS) is 26.8. The number of thiophene rings is 1. The van der Waals surface area contributed by atoms with Crippen LogP contribution in [0.5, 0.6) is 0 Å². The van der Waals surface area contributed by atoms with Gasteiger partial charge in [0, 0.05) is 4.88 Å². The van der Waals surface area contributed by atoms with Gasteiger partial charge in [-0.25, -0.2) is 0 Å². The highest BCUT2D eigenvalue weighted by Crippen LogP contribution is 2.48. The van der Waals surface area contributed by atoms with Crippen LogP contribution in [0.15, 0.2) is 11.4 Å². The minimum Gasteiger partial charge on any atom is -0.388 e. The molecule has 0 radical (unpaired) electrons. The van der Waals surface area contributed by atoms with E-state index in [9.17, 15) is 5.11 Å². The highest BCUT2D eigenvalue weighted by atomic mass is 32.1. The van der Waals surface area contributed by atoms with Gasteiger partial charge in [0.2, 0.25) is 0 Å². The van der Waals surface area contributed by atoms with Gasteiger partial charge in [-0.2, -0.15) is 0 Å². The lowest BCUT2D eigenvalue weighted by molar-refractivity contribution is 0.0534. The second-order valence-electron chi connectivity index (χ2n) is 5.42. The summed E-state index contributed by atoms with van der Waals surface area (Å²) in [6, 6.07) is 2.13. The summed E-state index contributed by atoms with van der Waals surface area (Å²) < 4.78 is 0. The molecule has 0 amide bonds. The number of hydrogen-bond acceptors (Lipinski definition) is 2. The number of aliphatic hydroxyl groups is 1. The quantitative estimate of drug-likeness (QED) is 0.807. The average molecular weight is 224 g/mol. The van der Waals surface area contributed by atoms with E-state index in [4.69, 9.17) is 0 Å². The second-order valence-corrected chi connectivity index (χ2v) is 6.54. The van der Waals surface area contributed by atoms with Crippen LogP contribution in [0.4, 0.5) is 0 Å². The Bertz CT molecular complexity index is 340. The molecule has 1 aliphatic rings. The molecule has 0 saturated heterocycles. The van der Waals surface area contributed by atoms with E-state index in [1.54, 1.807) is 11.3 Å². The Labute approximate surface area is 96.1 Å². The molecule has 0 bridgehead atoms. The van der Waals surface area contributed by atoms with Crippen molar-refractivity contribution in [2.45, 2.75) is 46.1 Å². The summed E-state index contributed by atoms with van der Waals surface area (Å²) in [4.78, 5) is 1.29.